The number of nitrogens with zero attached hydrogens (tertiary/aromatic N) is 1. The van der Waals surface area contributed by atoms with Gasteiger partial charge in [-0.1, -0.05) is 12.1 Å². The van der Waals surface area contributed by atoms with E-state index >= 15 is 0 Å². The summed E-state index contributed by atoms with van der Waals surface area (Å²) in [4.78, 5) is 12.9. The minimum absolute atomic E-state index is 0.0206. The first-order valence-electron chi connectivity index (χ1n) is 8.31. The number of ether oxygens (including phenoxy) is 1. The average Bonchev–Trinajstić information content (AvgIpc) is 3.22. The number of aromatic nitrogens is 1. The van der Waals surface area contributed by atoms with Gasteiger partial charge in [-0.15, -0.1) is 0 Å². The first-order valence-corrected chi connectivity index (χ1v) is 8.31. The van der Waals surface area contributed by atoms with Gasteiger partial charge in [0.1, 0.15) is 0 Å². The molecule has 2 aromatic carbocycles. The van der Waals surface area contributed by atoms with Crippen LogP contribution in [-0.2, 0) is 0 Å². The topological polar surface area (TPSA) is 91.9 Å². The summed E-state index contributed by atoms with van der Waals surface area (Å²) < 4.78 is 7.06. The van der Waals surface area contributed by atoms with Gasteiger partial charge in [0.05, 0.1) is 18.8 Å². The van der Waals surface area contributed by atoms with E-state index in [-0.39, 0.29) is 23.0 Å². The molecule has 1 aliphatic rings. The summed E-state index contributed by atoms with van der Waals surface area (Å²) in [6.45, 7) is 0. The Kier molecular flexibility index (Phi) is 3.88. The third-order valence-electron chi connectivity index (χ3n) is 4.69. The van der Waals surface area contributed by atoms with E-state index < -0.39 is 6.04 Å². The molecule has 2 heterocycles. The number of rotatable bonds is 3. The van der Waals surface area contributed by atoms with Crippen LogP contribution in [0.3, 0.4) is 0 Å². The lowest BCUT2D eigenvalue weighted by Gasteiger charge is -2.17. The third kappa shape index (κ3) is 2.71. The van der Waals surface area contributed by atoms with E-state index in [4.69, 9.17) is 4.74 Å². The highest BCUT2D eigenvalue weighted by Gasteiger charge is 2.35. The minimum atomic E-state index is -0.395. The van der Waals surface area contributed by atoms with Crippen molar-refractivity contribution in [3.8, 4) is 23.0 Å². The summed E-state index contributed by atoms with van der Waals surface area (Å²) >= 11 is 0. The monoisotopic (exact) mass is 363 g/mol. The maximum Gasteiger partial charge on any atom is 0.207 e. The first-order chi connectivity index (χ1) is 13.0. The number of hydrogen-bond acceptors (Lipinski definition) is 5. The molecular weight excluding hydrogens is 346 g/mol. The van der Waals surface area contributed by atoms with E-state index in [2.05, 4.69) is 0 Å². The highest BCUT2D eigenvalue weighted by Crippen LogP contribution is 2.40. The molecule has 0 fully saturated rings. The van der Waals surface area contributed by atoms with Crippen LogP contribution in [0.1, 0.15) is 27.7 Å². The molecule has 1 atom stereocenters. The maximum atomic E-state index is 12.9. The zero-order chi connectivity index (χ0) is 19.1. The number of allylic oxidation sites excluding steroid dienone is 1. The van der Waals surface area contributed by atoms with Crippen LogP contribution in [0.25, 0.3) is 6.08 Å². The number of benzene rings is 2. The van der Waals surface area contributed by atoms with E-state index in [9.17, 15) is 20.1 Å². The number of phenolic OH excluding ortho intramolecular Hbond substituents is 3. The van der Waals surface area contributed by atoms with Gasteiger partial charge in [-0.2, -0.15) is 0 Å². The van der Waals surface area contributed by atoms with E-state index in [1.165, 1.54) is 25.3 Å². The number of carbonyl (C=O) groups is 1. The Labute approximate surface area is 155 Å². The van der Waals surface area contributed by atoms with Crippen molar-refractivity contribution in [3.05, 3.63) is 77.1 Å². The Morgan fingerprint density at radius 1 is 1.00 bits per heavy atom. The van der Waals surface area contributed by atoms with E-state index in [1.54, 1.807) is 36.4 Å². The fourth-order valence-corrected chi connectivity index (χ4v) is 3.39. The fraction of sp³-hybridized carbons (Fsp3) is 0.0952. The van der Waals surface area contributed by atoms with Gasteiger partial charge in [-0.05, 0) is 53.6 Å². The standard InChI is InChI=1S/C21H17NO5/c1-27-19-11-13(5-7-17(19)24)20-14(21(26)15-3-2-8-22(15)20)9-12-4-6-16(23)18(25)10-12/h2-11,20,23-25H,1H3/b14-9+. The molecule has 0 saturated carbocycles. The van der Waals surface area contributed by atoms with E-state index in [0.29, 0.717) is 22.6 Å². The number of phenols is 3. The van der Waals surface area contributed by atoms with Crippen LogP contribution in [-0.4, -0.2) is 32.8 Å². The fourth-order valence-electron chi connectivity index (χ4n) is 3.39. The zero-order valence-corrected chi connectivity index (χ0v) is 14.5. The molecule has 3 N–H and O–H groups in total. The molecule has 1 unspecified atom stereocenters. The van der Waals surface area contributed by atoms with Crippen LogP contribution in [0, 0.1) is 0 Å². The molecule has 136 valence electrons. The Morgan fingerprint density at radius 2 is 1.78 bits per heavy atom. The van der Waals surface area contributed by atoms with Crippen molar-refractivity contribution in [2.24, 2.45) is 0 Å². The summed E-state index contributed by atoms with van der Waals surface area (Å²) in [6.07, 6.45) is 3.52. The summed E-state index contributed by atoms with van der Waals surface area (Å²) in [6, 6.07) is 12.5. The number of methoxy groups -OCH3 is 1. The van der Waals surface area contributed by atoms with Crippen LogP contribution in [0.4, 0.5) is 0 Å². The SMILES string of the molecule is COc1cc(C2/C(=C\c3ccc(O)c(O)c3)C(=O)c3cccn32)ccc1O. The van der Waals surface area contributed by atoms with Crippen molar-refractivity contribution in [1.29, 1.82) is 0 Å². The van der Waals surface area contributed by atoms with Crippen LogP contribution < -0.4 is 4.74 Å². The van der Waals surface area contributed by atoms with E-state index in [1.807, 2.05) is 10.8 Å². The molecule has 0 saturated heterocycles. The molecule has 0 amide bonds. The number of carbonyl (C=O) groups excluding carboxylic acids is 1. The van der Waals surface area contributed by atoms with Crippen molar-refractivity contribution in [2.45, 2.75) is 6.04 Å². The normalized spacial score (nSPS) is 17.3. The predicted molar refractivity (Wildman–Crippen MR) is 99.3 cm³/mol. The highest BCUT2D eigenvalue weighted by molar-refractivity contribution is 6.14. The molecular formula is C21H17NO5. The maximum absolute atomic E-state index is 12.9. The molecule has 0 bridgehead atoms. The van der Waals surface area contributed by atoms with Gasteiger partial charge >= 0.3 is 0 Å². The Balaban J connectivity index is 1.87. The number of fused-ring (bicyclic) bond motifs is 1. The lowest BCUT2D eigenvalue weighted by molar-refractivity contribution is 0.103. The van der Waals surface area contributed by atoms with Gasteiger partial charge < -0.3 is 24.6 Å². The van der Waals surface area contributed by atoms with Gasteiger partial charge in [-0.3, -0.25) is 4.79 Å². The quantitative estimate of drug-likeness (QED) is 0.489. The molecule has 0 radical (unpaired) electrons. The van der Waals surface area contributed by atoms with Crippen LogP contribution >= 0.6 is 0 Å². The highest BCUT2D eigenvalue weighted by atomic mass is 16.5. The van der Waals surface area contributed by atoms with Crippen molar-refractivity contribution >= 4 is 11.9 Å². The minimum Gasteiger partial charge on any atom is -0.504 e. The third-order valence-corrected chi connectivity index (χ3v) is 4.69. The van der Waals surface area contributed by atoms with Crippen molar-refractivity contribution in [1.82, 2.24) is 4.57 Å². The van der Waals surface area contributed by atoms with Crippen LogP contribution in [0.2, 0.25) is 0 Å². The molecule has 0 spiro atoms. The Bertz CT molecular complexity index is 1080. The molecule has 3 aromatic rings. The number of aromatic hydroxyl groups is 3. The second-order valence-corrected chi connectivity index (χ2v) is 6.31. The largest absolute Gasteiger partial charge is 0.504 e. The molecule has 6 heteroatoms. The first kappa shape index (κ1) is 16.8. The van der Waals surface area contributed by atoms with E-state index in [0.717, 1.165) is 5.56 Å². The molecule has 1 aromatic heterocycles. The van der Waals surface area contributed by atoms with Crippen LogP contribution in [0.5, 0.6) is 23.0 Å². The number of hydrogen-bond donors (Lipinski definition) is 3. The predicted octanol–water partition coefficient (Wildman–Crippen LogP) is 3.48. The lowest BCUT2D eigenvalue weighted by atomic mass is 9.95. The van der Waals surface area contributed by atoms with Gasteiger partial charge in [0.15, 0.2) is 23.0 Å². The van der Waals surface area contributed by atoms with Gasteiger partial charge in [0.25, 0.3) is 0 Å². The second-order valence-electron chi connectivity index (χ2n) is 6.31. The molecule has 6 nitrogen and oxygen atoms in total. The average molecular weight is 363 g/mol. The molecule has 0 aliphatic carbocycles. The summed E-state index contributed by atoms with van der Waals surface area (Å²) in [5.41, 5.74) is 2.45. The lowest BCUT2D eigenvalue weighted by Crippen LogP contribution is -2.07. The number of Topliss-reactive ketones (excluding diaryl/α,β-unsaturated/α-hetero) is 1. The Morgan fingerprint density at radius 3 is 2.52 bits per heavy atom. The zero-order valence-electron chi connectivity index (χ0n) is 14.5. The second kappa shape index (κ2) is 6.25. The molecule has 27 heavy (non-hydrogen) atoms. The summed E-state index contributed by atoms with van der Waals surface area (Å²) in [5, 5.41) is 29.1. The summed E-state index contributed by atoms with van der Waals surface area (Å²) in [5.74, 6) is -0.252. The van der Waals surface area contributed by atoms with Crippen molar-refractivity contribution in [2.75, 3.05) is 7.11 Å². The van der Waals surface area contributed by atoms with Crippen molar-refractivity contribution < 1.29 is 24.9 Å². The summed E-state index contributed by atoms with van der Waals surface area (Å²) in [7, 11) is 1.47. The molecule has 4 rings (SSSR count). The van der Waals surface area contributed by atoms with Gasteiger partial charge in [0, 0.05) is 11.8 Å². The number of ketones is 1. The van der Waals surface area contributed by atoms with Gasteiger partial charge in [0.2, 0.25) is 5.78 Å². The molecule has 1 aliphatic heterocycles. The Hall–Kier alpha value is -3.67. The van der Waals surface area contributed by atoms with Crippen molar-refractivity contribution in [3.63, 3.8) is 0 Å². The van der Waals surface area contributed by atoms with Gasteiger partial charge in [-0.25, -0.2) is 0 Å². The van der Waals surface area contributed by atoms with Crippen LogP contribution in [0.15, 0.2) is 60.3 Å². The smallest absolute Gasteiger partial charge is 0.207 e.